The van der Waals surface area contributed by atoms with E-state index in [2.05, 4.69) is 58.7 Å². The van der Waals surface area contributed by atoms with Gasteiger partial charge in [-0.25, -0.2) is 0 Å². The van der Waals surface area contributed by atoms with E-state index in [0.717, 1.165) is 25.9 Å². The van der Waals surface area contributed by atoms with Gasteiger partial charge in [0.25, 0.3) is 0 Å². The van der Waals surface area contributed by atoms with Crippen molar-refractivity contribution in [3.63, 3.8) is 0 Å². The Kier molecular flexibility index (Phi) is 5.05. The minimum atomic E-state index is -0.288. The van der Waals surface area contributed by atoms with Crippen LogP contribution in [0, 0.1) is 10.8 Å². The second-order valence-electron chi connectivity index (χ2n) is 8.17. The van der Waals surface area contributed by atoms with Crippen LogP contribution in [-0.2, 0) is 4.79 Å². The largest absolute Gasteiger partial charge is 0.352 e. The molecule has 0 aliphatic carbocycles. The second-order valence-corrected chi connectivity index (χ2v) is 8.17. The molecule has 0 spiro atoms. The highest BCUT2D eigenvalue weighted by molar-refractivity contribution is 5.82. The monoisotopic (exact) mass is 268 g/mol. The van der Waals surface area contributed by atoms with E-state index in [9.17, 15) is 4.79 Å². The van der Waals surface area contributed by atoms with Crippen molar-refractivity contribution in [2.45, 2.75) is 73.4 Å². The molecular weight excluding hydrogens is 236 g/mol. The van der Waals surface area contributed by atoms with Crippen LogP contribution in [0.1, 0.15) is 61.3 Å². The molecule has 1 aliphatic rings. The van der Waals surface area contributed by atoms with Crippen LogP contribution >= 0.6 is 0 Å². The summed E-state index contributed by atoms with van der Waals surface area (Å²) in [7, 11) is 0. The van der Waals surface area contributed by atoms with Crippen molar-refractivity contribution < 1.29 is 4.79 Å². The third-order valence-corrected chi connectivity index (χ3v) is 3.87. The molecule has 1 amide bonds. The number of carbonyl (C=O) groups is 1. The van der Waals surface area contributed by atoms with Crippen molar-refractivity contribution in [1.29, 1.82) is 0 Å². The van der Waals surface area contributed by atoms with E-state index in [4.69, 9.17) is 0 Å². The molecule has 0 saturated carbocycles. The van der Waals surface area contributed by atoms with Crippen LogP contribution < -0.4 is 5.32 Å². The van der Waals surface area contributed by atoms with Gasteiger partial charge in [-0.3, -0.25) is 9.69 Å². The molecular formula is C16H32N2O. The highest BCUT2D eigenvalue weighted by atomic mass is 16.2. The quantitative estimate of drug-likeness (QED) is 0.850. The Hall–Kier alpha value is -0.570. The second kappa shape index (κ2) is 5.82. The van der Waals surface area contributed by atoms with Gasteiger partial charge >= 0.3 is 0 Å². The van der Waals surface area contributed by atoms with Gasteiger partial charge in [-0.1, -0.05) is 34.6 Å². The molecule has 0 bridgehead atoms. The number of amides is 1. The summed E-state index contributed by atoms with van der Waals surface area (Å²) >= 11 is 0. The predicted molar refractivity (Wildman–Crippen MR) is 81.1 cm³/mol. The first kappa shape index (κ1) is 16.5. The number of nitrogens with zero attached hydrogens (tertiary/aromatic N) is 1. The van der Waals surface area contributed by atoms with E-state index in [1.807, 2.05) is 0 Å². The Morgan fingerprint density at radius 2 is 1.84 bits per heavy atom. The van der Waals surface area contributed by atoms with Crippen molar-refractivity contribution >= 4 is 5.91 Å². The number of rotatable bonds is 4. The first-order valence-electron chi connectivity index (χ1n) is 7.56. The maximum Gasteiger partial charge on any atom is 0.225 e. The fraction of sp³-hybridized carbons (Fsp3) is 0.938. The summed E-state index contributed by atoms with van der Waals surface area (Å²) in [5.74, 6) is 0.207. The summed E-state index contributed by atoms with van der Waals surface area (Å²) in [4.78, 5) is 14.9. The lowest BCUT2D eigenvalue weighted by atomic mass is 9.75. The zero-order valence-electron chi connectivity index (χ0n) is 13.8. The summed E-state index contributed by atoms with van der Waals surface area (Å²) in [5, 5.41) is 3.25. The van der Waals surface area contributed by atoms with Crippen LogP contribution in [0.4, 0.5) is 0 Å². The molecule has 19 heavy (non-hydrogen) atoms. The number of hydrogen-bond acceptors (Lipinski definition) is 2. The Balaban J connectivity index is 2.51. The van der Waals surface area contributed by atoms with Crippen LogP contribution in [0.5, 0.6) is 0 Å². The molecule has 1 unspecified atom stereocenters. The molecule has 3 heteroatoms. The predicted octanol–water partition coefficient (Wildman–Crippen LogP) is 3.05. The van der Waals surface area contributed by atoms with E-state index in [-0.39, 0.29) is 16.7 Å². The van der Waals surface area contributed by atoms with Crippen molar-refractivity contribution in [2.24, 2.45) is 10.8 Å². The molecule has 1 N–H and O–H groups in total. The summed E-state index contributed by atoms with van der Waals surface area (Å²) in [6, 6.07) is 0.902. The minimum absolute atomic E-state index is 0.181. The van der Waals surface area contributed by atoms with E-state index in [1.165, 1.54) is 0 Å². The molecule has 1 rings (SSSR count). The molecule has 1 fully saturated rings. The van der Waals surface area contributed by atoms with Gasteiger partial charge in [-0.05, 0) is 32.1 Å². The van der Waals surface area contributed by atoms with Gasteiger partial charge in [0.05, 0.1) is 0 Å². The summed E-state index contributed by atoms with van der Waals surface area (Å²) in [6.45, 7) is 17.2. The minimum Gasteiger partial charge on any atom is -0.352 e. The molecule has 112 valence electrons. The van der Waals surface area contributed by atoms with Crippen molar-refractivity contribution in [2.75, 3.05) is 13.1 Å². The van der Waals surface area contributed by atoms with Crippen molar-refractivity contribution in [1.82, 2.24) is 10.2 Å². The van der Waals surface area contributed by atoms with E-state index < -0.39 is 0 Å². The van der Waals surface area contributed by atoms with Gasteiger partial charge in [0.1, 0.15) is 0 Å². The lowest BCUT2D eigenvalue weighted by Gasteiger charge is -2.32. The van der Waals surface area contributed by atoms with E-state index in [1.54, 1.807) is 0 Å². The normalized spacial score (nSPS) is 22.0. The van der Waals surface area contributed by atoms with Gasteiger partial charge in [0, 0.05) is 30.6 Å². The molecule has 0 radical (unpaired) electrons. The average Bonchev–Trinajstić information content (AvgIpc) is 2.62. The van der Waals surface area contributed by atoms with Crippen LogP contribution in [0.25, 0.3) is 0 Å². The molecule has 1 atom stereocenters. The molecule has 0 aromatic carbocycles. The Labute approximate surface area is 119 Å². The van der Waals surface area contributed by atoms with Crippen LogP contribution in [0.3, 0.4) is 0 Å². The number of nitrogens with one attached hydrogen (secondary N) is 1. The zero-order chi connectivity index (χ0) is 14.8. The SMILES string of the molecule is CC(C)N1CCC(NC(=O)C(C)(C)CC(C)(C)C)C1. The van der Waals surface area contributed by atoms with Crippen LogP contribution in [-0.4, -0.2) is 36.0 Å². The molecule has 1 heterocycles. The Morgan fingerprint density at radius 3 is 2.26 bits per heavy atom. The van der Waals surface area contributed by atoms with Gasteiger partial charge in [-0.2, -0.15) is 0 Å². The number of likely N-dealkylation sites (tertiary alicyclic amines) is 1. The van der Waals surface area contributed by atoms with E-state index >= 15 is 0 Å². The summed E-state index contributed by atoms with van der Waals surface area (Å²) < 4.78 is 0. The molecule has 0 aromatic heterocycles. The topological polar surface area (TPSA) is 32.3 Å². The smallest absolute Gasteiger partial charge is 0.225 e. The number of carbonyl (C=O) groups excluding carboxylic acids is 1. The van der Waals surface area contributed by atoms with Crippen molar-refractivity contribution in [3.8, 4) is 0 Å². The lowest BCUT2D eigenvalue weighted by molar-refractivity contribution is -0.131. The molecule has 3 nitrogen and oxygen atoms in total. The Morgan fingerprint density at radius 1 is 1.26 bits per heavy atom. The third kappa shape index (κ3) is 5.13. The lowest BCUT2D eigenvalue weighted by Crippen LogP contribution is -2.45. The highest BCUT2D eigenvalue weighted by Crippen LogP contribution is 2.33. The van der Waals surface area contributed by atoms with E-state index in [0.29, 0.717) is 12.1 Å². The summed E-state index contributed by atoms with van der Waals surface area (Å²) in [6.07, 6.45) is 1.99. The fourth-order valence-electron chi connectivity index (χ4n) is 3.16. The Bertz CT molecular complexity index is 315. The standard InChI is InChI=1S/C16H32N2O/c1-12(2)18-9-8-13(10-18)17-14(19)16(6,7)11-15(3,4)5/h12-13H,8-11H2,1-7H3,(H,17,19). The first-order valence-corrected chi connectivity index (χ1v) is 7.56. The average molecular weight is 268 g/mol. The zero-order valence-corrected chi connectivity index (χ0v) is 13.8. The van der Waals surface area contributed by atoms with Gasteiger partial charge in [0.2, 0.25) is 5.91 Å². The molecule has 1 aliphatic heterocycles. The van der Waals surface area contributed by atoms with Gasteiger partial charge < -0.3 is 5.32 Å². The number of hydrogen-bond donors (Lipinski definition) is 1. The van der Waals surface area contributed by atoms with Gasteiger partial charge in [-0.15, -0.1) is 0 Å². The summed E-state index contributed by atoms with van der Waals surface area (Å²) in [5.41, 5.74) is -0.107. The van der Waals surface area contributed by atoms with Crippen LogP contribution in [0.15, 0.2) is 0 Å². The van der Waals surface area contributed by atoms with Gasteiger partial charge in [0.15, 0.2) is 0 Å². The molecule has 0 aromatic rings. The first-order chi connectivity index (χ1) is 8.51. The fourth-order valence-corrected chi connectivity index (χ4v) is 3.16. The maximum absolute atomic E-state index is 12.4. The molecule has 1 saturated heterocycles. The third-order valence-electron chi connectivity index (χ3n) is 3.87. The van der Waals surface area contributed by atoms with Crippen LogP contribution in [0.2, 0.25) is 0 Å². The maximum atomic E-state index is 12.4. The highest BCUT2D eigenvalue weighted by Gasteiger charge is 2.35. The van der Waals surface area contributed by atoms with Crippen molar-refractivity contribution in [3.05, 3.63) is 0 Å².